The summed E-state index contributed by atoms with van der Waals surface area (Å²) in [6.07, 6.45) is 1.69. The van der Waals surface area contributed by atoms with E-state index in [9.17, 15) is 13.2 Å². The van der Waals surface area contributed by atoms with Gasteiger partial charge in [-0.05, 0) is 48.2 Å². The SMILES string of the molecule is Cc1ccc(S(=O)(=O)N(C)C)cc1NC(=O)c1cn(-c2ccccc2)nc1-c1cccs1. The van der Waals surface area contributed by atoms with Crippen LogP contribution in [0.1, 0.15) is 15.9 Å². The van der Waals surface area contributed by atoms with E-state index in [2.05, 4.69) is 10.4 Å². The molecule has 2 aromatic carbocycles. The summed E-state index contributed by atoms with van der Waals surface area (Å²) in [4.78, 5) is 14.3. The highest BCUT2D eigenvalue weighted by atomic mass is 32.2. The predicted molar refractivity (Wildman–Crippen MR) is 127 cm³/mol. The van der Waals surface area contributed by atoms with Crippen molar-refractivity contribution in [1.82, 2.24) is 14.1 Å². The number of thiophene rings is 1. The van der Waals surface area contributed by atoms with Crippen LogP contribution in [-0.2, 0) is 10.0 Å². The number of nitrogens with zero attached hydrogens (tertiary/aromatic N) is 3. The maximum absolute atomic E-state index is 13.3. The number of anilines is 1. The van der Waals surface area contributed by atoms with Crippen LogP contribution in [0.5, 0.6) is 0 Å². The molecule has 0 unspecified atom stereocenters. The molecule has 7 nitrogen and oxygen atoms in total. The van der Waals surface area contributed by atoms with Crippen LogP contribution in [0, 0.1) is 6.92 Å². The second-order valence-corrected chi connectivity index (χ2v) is 10.5. The number of carbonyl (C=O) groups is 1. The van der Waals surface area contributed by atoms with E-state index in [1.807, 2.05) is 54.8 Å². The number of hydrogen-bond acceptors (Lipinski definition) is 5. The first-order valence-corrected chi connectivity index (χ1v) is 12.1. The summed E-state index contributed by atoms with van der Waals surface area (Å²) in [6, 6.07) is 18.1. The van der Waals surface area contributed by atoms with Gasteiger partial charge in [-0.3, -0.25) is 4.79 Å². The van der Waals surface area contributed by atoms with Gasteiger partial charge in [-0.15, -0.1) is 11.3 Å². The number of rotatable bonds is 6. The molecular weight excluding hydrogens is 444 g/mol. The van der Waals surface area contributed by atoms with E-state index in [0.717, 1.165) is 20.4 Å². The molecule has 4 aromatic rings. The maximum atomic E-state index is 13.3. The van der Waals surface area contributed by atoms with E-state index in [0.29, 0.717) is 16.9 Å². The van der Waals surface area contributed by atoms with Crippen molar-refractivity contribution >= 4 is 33.0 Å². The van der Waals surface area contributed by atoms with Gasteiger partial charge in [-0.1, -0.05) is 30.3 Å². The van der Waals surface area contributed by atoms with Gasteiger partial charge in [0.2, 0.25) is 10.0 Å². The molecular formula is C23H22N4O3S2. The Morgan fingerprint density at radius 1 is 1.06 bits per heavy atom. The Hall–Kier alpha value is -3.27. The zero-order valence-corrected chi connectivity index (χ0v) is 19.4. The molecule has 0 aliphatic rings. The summed E-state index contributed by atoms with van der Waals surface area (Å²) in [5, 5.41) is 9.46. The Morgan fingerprint density at radius 3 is 2.47 bits per heavy atom. The van der Waals surface area contributed by atoms with Crippen LogP contribution in [0.4, 0.5) is 5.69 Å². The lowest BCUT2D eigenvalue weighted by Gasteiger charge is -2.14. The molecule has 0 aliphatic heterocycles. The van der Waals surface area contributed by atoms with E-state index >= 15 is 0 Å². The van der Waals surface area contributed by atoms with Crippen LogP contribution in [0.25, 0.3) is 16.3 Å². The molecule has 4 rings (SSSR count). The molecule has 0 atom stereocenters. The Labute approximate surface area is 191 Å². The van der Waals surface area contributed by atoms with Crippen LogP contribution in [0.2, 0.25) is 0 Å². The number of carbonyl (C=O) groups excluding carboxylic acids is 1. The molecule has 1 N–H and O–H groups in total. The van der Waals surface area contributed by atoms with Crippen molar-refractivity contribution in [3.05, 3.63) is 83.4 Å². The normalized spacial score (nSPS) is 11.6. The molecule has 32 heavy (non-hydrogen) atoms. The first kappa shape index (κ1) is 21.9. The number of sulfonamides is 1. The highest BCUT2D eigenvalue weighted by molar-refractivity contribution is 7.89. The molecule has 2 heterocycles. The number of hydrogen-bond donors (Lipinski definition) is 1. The van der Waals surface area contributed by atoms with Crippen LogP contribution in [0.3, 0.4) is 0 Å². The standard InChI is InChI=1S/C23H22N4O3S2/c1-16-11-12-18(32(29,30)26(2)3)14-20(16)24-23(28)19-15-27(17-8-5-4-6-9-17)25-22(19)21-10-7-13-31-21/h4-15H,1-3H3,(H,24,28). The van der Waals surface area contributed by atoms with Crippen LogP contribution < -0.4 is 5.32 Å². The second-order valence-electron chi connectivity index (χ2n) is 7.37. The highest BCUT2D eigenvalue weighted by Gasteiger charge is 2.22. The summed E-state index contributed by atoms with van der Waals surface area (Å²) in [5.41, 5.74) is 2.99. The average Bonchev–Trinajstić information content (AvgIpc) is 3.45. The molecule has 9 heteroatoms. The summed E-state index contributed by atoms with van der Waals surface area (Å²) in [6.45, 7) is 1.81. The fraction of sp³-hybridized carbons (Fsp3) is 0.130. The topological polar surface area (TPSA) is 84.3 Å². The zero-order valence-electron chi connectivity index (χ0n) is 17.8. The van der Waals surface area contributed by atoms with Crippen molar-refractivity contribution in [1.29, 1.82) is 0 Å². The third-order valence-corrected chi connectivity index (χ3v) is 7.66. The lowest BCUT2D eigenvalue weighted by atomic mass is 10.1. The van der Waals surface area contributed by atoms with Gasteiger partial charge in [-0.2, -0.15) is 5.10 Å². The van der Waals surface area contributed by atoms with E-state index in [4.69, 9.17) is 0 Å². The van der Waals surface area contributed by atoms with Gasteiger partial charge < -0.3 is 5.32 Å². The Kier molecular flexibility index (Phi) is 5.96. The van der Waals surface area contributed by atoms with E-state index in [1.165, 1.54) is 37.6 Å². The molecule has 0 spiro atoms. The van der Waals surface area contributed by atoms with Gasteiger partial charge in [-0.25, -0.2) is 17.4 Å². The monoisotopic (exact) mass is 466 g/mol. The Bertz CT molecular complexity index is 1360. The minimum absolute atomic E-state index is 0.113. The van der Waals surface area contributed by atoms with Gasteiger partial charge in [0.15, 0.2) is 0 Å². The van der Waals surface area contributed by atoms with Gasteiger partial charge in [0.05, 0.1) is 21.0 Å². The quantitative estimate of drug-likeness (QED) is 0.456. The van der Waals surface area contributed by atoms with Crippen LogP contribution >= 0.6 is 11.3 Å². The molecule has 0 fully saturated rings. The lowest BCUT2D eigenvalue weighted by Crippen LogP contribution is -2.22. The number of amides is 1. The number of aryl methyl sites for hydroxylation is 1. The van der Waals surface area contributed by atoms with E-state index in [-0.39, 0.29) is 10.8 Å². The third kappa shape index (κ3) is 4.22. The number of benzene rings is 2. The van der Waals surface area contributed by atoms with Gasteiger partial charge >= 0.3 is 0 Å². The summed E-state index contributed by atoms with van der Waals surface area (Å²) >= 11 is 1.49. The maximum Gasteiger partial charge on any atom is 0.259 e. The Morgan fingerprint density at radius 2 is 1.81 bits per heavy atom. The van der Waals surface area contributed by atoms with Crippen LogP contribution in [-0.4, -0.2) is 42.5 Å². The minimum atomic E-state index is -3.62. The largest absolute Gasteiger partial charge is 0.322 e. The molecule has 0 bridgehead atoms. The van der Waals surface area contributed by atoms with Crippen molar-refractivity contribution < 1.29 is 13.2 Å². The van der Waals surface area contributed by atoms with Gasteiger partial charge in [0.1, 0.15) is 5.69 Å². The molecule has 0 saturated carbocycles. The third-order valence-electron chi connectivity index (χ3n) is 4.97. The van der Waals surface area contributed by atoms with Gasteiger partial charge in [0, 0.05) is 26.0 Å². The first-order valence-electron chi connectivity index (χ1n) is 9.81. The van der Waals surface area contributed by atoms with Crippen molar-refractivity contribution in [2.75, 3.05) is 19.4 Å². The first-order chi connectivity index (χ1) is 15.3. The van der Waals surface area contributed by atoms with E-state index in [1.54, 1.807) is 16.9 Å². The molecule has 2 aromatic heterocycles. The van der Waals surface area contributed by atoms with Crippen molar-refractivity contribution in [3.63, 3.8) is 0 Å². The number of nitrogens with one attached hydrogen (secondary N) is 1. The molecule has 1 amide bonds. The van der Waals surface area contributed by atoms with Crippen molar-refractivity contribution in [2.45, 2.75) is 11.8 Å². The second kappa shape index (κ2) is 8.70. The molecule has 164 valence electrons. The smallest absolute Gasteiger partial charge is 0.259 e. The zero-order chi connectivity index (χ0) is 22.9. The predicted octanol–water partition coefficient (Wildman–Crippen LogP) is 4.41. The molecule has 0 aliphatic carbocycles. The number of aromatic nitrogens is 2. The summed E-state index contributed by atoms with van der Waals surface area (Å²) in [5.74, 6) is -0.363. The Balaban J connectivity index is 1.74. The fourth-order valence-corrected chi connectivity index (χ4v) is 4.80. The number of para-hydroxylation sites is 1. The van der Waals surface area contributed by atoms with Crippen LogP contribution in [0.15, 0.2) is 77.1 Å². The fourth-order valence-electron chi connectivity index (χ4n) is 3.15. The van der Waals surface area contributed by atoms with Crippen molar-refractivity contribution in [3.8, 4) is 16.3 Å². The molecule has 0 saturated heterocycles. The summed E-state index contributed by atoms with van der Waals surface area (Å²) in [7, 11) is -0.683. The molecule has 0 radical (unpaired) electrons. The van der Waals surface area contributed by atoms with E-state index < -0.39 is 10.0 Å². The van der Waals surface area contributed by atoms with Gasteiger partial charge in [0.25, 0.3) is 5.91 Å². The average molecular weight is 467 g/mol. The van der Waals surface area contributed by atoms with Crippen molar-refractivity contribution in [2.24, 2.45) is 0 Å². The highest BCUT2D eigenvalue weighted by Crippen LogP contribution is 2.29. The summed E-state index contributed by atoms with van der Waals surface area (Å²) < 4.78 is 27.9. The lowest BCUT2D eigenvalue weighted by molar-refractivity contribution is 0.102. The minimum Gasteiger partial charge on any atom is -0.322 e.